The average Bonchev–Trinajstić information content (AvgIpc) is 2.78. The standard InChI is InChI=1S/C18H26ClN3O3/c1-21(13-18(24)25)16-6-3-8-22(9-7-16)12-17(23)20-11-14-4-2-5-15(19)10-14/h2,4-5,10,16H,3,6-9,11-13H2,1H3,(H,20,23)(H,24,25). The maximum atomic E-state index is 12.2. The Bertz CT molecular complexity index is 597. The summed E-state index contributed by atoms with van der Waals surface area (Å²) < 4.78 is 0. The molecule has 1 aromatic rings. The van der Waals surface area contributed by atoms with E-state index < -0.39 is 5.97 Å². The van der Waals surface area contributed by atoms with Crippen LogP contribution in [0.25, 0.3) is 0 Å². The molecule has 2 rings (SSSR count). The normalized spacial score (nSPS) is 18.8. The van der Waals surface area contributed by atoms with Crippen LogP contribution in [-0.4, -0.2) is 66.1 Å². The summed E-state index contributed by atoms with van der Waals surface area (Å²) in [7, 11) is 1.85. The number of halogens is 1. The van der Waals surface area contributed by atoms with Gasteiger partial charge in [-0.3, -0.25) is 19.4 Å². The minimum Gasteiger partial charge on any atom is -0.480 e. The molecule has 1 aliphatic rings. The summed E-state index contributed by atoms with van der Waals surface area (Å²) >= 11 is 5.94. The van der Waals surface area contributed by atoms with Crippen LogP contribution in [0.5, 0.6) is 0 Å². The number of carboxylic acids is 1. The van der Waals surface area contributed by atoms with E-state index >= 15 is 0 Å². The van der Waals surface area contributed by atoms with Crippen LogP contribution in [0, 0.1) is 0 Å². The molecule has 138 valence electrons. The minimum absolute atomic E-state index is 0.00249. The van der Waals surface area contributed by atoms with Crippen molar-refractivity contribution in [3.63, 3.8) is 0 Å². The summed E-state index contributed by atoms with van der Waals surface area (Å²) in [4.78, 5) is 27.0. The van der Waals surface area contributed by atoms with Gasteiger partial charge in [0.05, 0.1) is 13.1 Å². The second-order valence-corrected chi connectivity index (χ2v) is 7.01. The molecule has 1 aromatic carbocycles. The summed E-state index contributed by atoms with van der Waals surface area (Å²) in [6.45, 7) is 2.57. The van der Waals surface area contributed by atoms with Crippen molar-refractivity contribution in [2.24, 2.45) is 0 Å². The first-order valence-electron chi connectivity index (χ1n) is 8.59. The monoisotopic (exact) mass is 367 g/mol. The number of carbonyl (C=O) groups excluding carboxylic acids is 1. The first-order chi connectivity index (χ1) is 11.9. The number of carbonyl (C=O) groups is 2. The molecule has 1 saturated heterocycles. The first-order valence-corrected chi connectivity index (χ1v) is 8.97. The van der Waals surface area contributed by atoms with Crippen molar-refractivity contribution in [2.45, 2.75) is 31.8 Å². The number of nitrogens with zero attached hydrogens (tertiary/aromatic N) is 2. The number of benzene rings is 1. The molecule has 1 fully saturated rings. The van der Waals surface area contributed by atoms with E-state index in [1.165, 1.54) is 0 Å². The number of carboxylic acid groups (broad SMARTS) is 1. The van der Waals surface area contributed by atoms with Crippen molar-refractivity contribution in [2.75, 3.05) is 33.2 Å². The third-order valence-electron chi connectivity index (χ3n) is 4.54. The Balaban J connectivity index is 1.75. The molecular weight excluding hydrogens is 342 g/mol. The second kappa shape index (κ2) is 9.75. The molecule has 0 radical (unpaired) electrons. The number of aliphatic carboxylic acids is 1. The van der Waals surface area contributed by atoms with Gasteiger partial charge >= 0.3 is 5.97 Å². The predicted octanol–water partition coefficient (Wildman–Crippen LogP) is 1.83. The molecule has 6 nitrogen and oxygen atoms in total. The summed E-state index contributed by atoms with van der Waals surface area (Å²) in [5.74, 6) is -0.804. The molecule has 1 unspecified atom stereocenters. The zero-order valence-corrected chi connectivity index (χ0v) is 15.3. The molecule has 0 bridgehead atoms. The van der Waals surface area contributed by atoms with E-state index in [1.807, 2.05) is 36.2 Å². The van der Waals surface area contributed by atoms with Gasteiger partial charge in [-0.25, -0.2) is 0 Å². The smallest absolute Gasteiger partial charge is 0.317 e. The maximum absolute atomic E-state index is 12.2. The summed E-state index contributed by atoms with van der Waals surface area (Å²) in [6.07, 6.45) is 2.81. The Morgan fingerprint density at radius 1 is 1.36 bits per heavy atom. The van der Waals surface area contributed by atoms with Crippen LogP contribution < -0.4 is 5.32 Å². The third-order valence-corrected chi connectivity index (χ3v) is 4.78. The lowest BCUT2D eigenvalue weighted by Gasteiger charge is -2.25. The van der Waals surface area contributed by atoms with E-state index in [-0.39, 0.29) is 18.5 Å². The number of nitrogens with one attached hydrogen (secondary N) is 1. The lowest BCUT2D eigenvalue weighted by Crippen LogP contribution is -2.39. The largest absolute Gasteiger partial charge is 0.480 e. The highest BCUT2D eigenvalue weighted by Gasteiger charge is 2.22. The fourth-order valence-electron chi connectivity index (χ4n) is 3.19. The molecule has 1 atom stereocenters. The average molecular weight is 368 g/mol. The second-order valence-electron chi connectivity index (χ2n) is 6.58. The van der Waals surface area contributed by atoms with Gasteiger partial charge in [-0.05, 0) is 50.6 Å². The van der Waals surface area contributed by atoms with Crippen LogP contribution in [0.15, 0.2) is 24.3 Å². The predicted molar refractivity (Wildman–Crippen MR) is 97.6 cm³/mol. The Kier molecular flexibility index (Phi) is 7.68. The highest BCUT2D eigenvalue weighted by atomic mass is 35.5. The van der Waals surface area contributed by atoms with Crippen LogP contribution in [0.2, 0.25) is 5.02 Å². The van der Waals surface area contributed by atoms with Crippen molar-refractivity contribution >= 4 is 23.5 Å². The number of likely N-dealkylation sites (tertiary alicyclic amines) is 1. The summed E-state index contributed by atoms with van der Waals surface area (Å²) in [6, 6.07) is 7.71. The van der Waals surface area contributed by atoms with Gasteiger partial charge in [0.2, 0.25) is 5.91 Å². The van der Waals surface area contributed by atoms with E-state index in [0.717, 1.165) is 37.9 Å². The van der Waals surface area contributed by atoms with Gasteiger partial charge in [0.1, 0.15) is 0 Å². The van der Waals surface area contributed by atoms with E-state index in [1.54, 1.807) is 0 Å². The van der Waals surface area contributed by atoms with Crippen molar-refractivity contribution in [3.8, 4) is 0 Å². The highest BCUT2D eigenvalue weighted by Crippen LogP contribution is 2.15. The number of rotatable bonds is 7. The van der Waals surface area contributed by atoms with Crippen LogP contribution >= 0.6 is 11.6 Å². The topological polar surface area (TPSA) is 72.9 Å². The fourth-order valence-corrected chi connectivity index (χ4v) is 3.40. The molecule has 25 heavy (non-hydrogen) atoms. The van der Waals surface area contributed by atoms with Crippen LogP contribution in [0.1, 0.15) is 24.8 Å². The molecule has 2 N–H and O–H groups in total. The van der Waals surface area contributed by atoms with Crippen molar-refractivity contribution in [3.05, 3.63) is 34.9 Å². The third kappa shape index (κ3) is 7.02. The Morgan fingerprint density at radius 3 is 2.88 bits per heavy atom. The number of hydrogen-bond acceptors (Lipinski definition) is 4. The number of hydrogen-bond donors (Lipinski definition) is 2. The Morgan fingerprint density at radius 2 is 2.16 bits per heavy atom. The minimum atomic E-state index is -0.802. The van der Waals surface area contributed by atoms with Gasteiger partial charge in [0, 0.05) is 24.2 Å². The number of amides is 1. The molecule has 7 heteroatoms. The maximum Gasteiger partial charge on any atom is 0.317 e. The fraction of sp³-hybridized carbons (Fsp3) is 0.556. The highest BCUT2D eigenvalue weighted by molar-refractivity contribution is 6.30. The van der Waals surface area contributed by atoms with Crippen LogP contribution in [0.4, 0.5) is 0 Å². The zero-order valence-electron chi connectivity index (χ0n) is 14.6. The van der Waals surface area contributed by atoms with Gasteiger partial charge in [-0.1, -0.05) is 23.7 Å². The van der Waals surface area contributed by atoms with E-state index in [4.69, 9.17) is 16.7 Å². The van der Waals surface area contributed by atoms with Gasteiger partial charge in [-0.15, -0.1) is 0 Å². The van der Waals surface area contributed by atoms with Crippen molar-refractivity contribution < 1.29 is 14.7 Å². The quantitative estimate of drug-likeness (QED) is 0.769. The molecule has 1 amide bonds. The van der Waals surface area contributed by atoms with E-state index in [0.29, 0.717) is 18.1 Å². The van der Waals surface area contributed by atoms with Crippen molar-refractivity contribution in [1.29, 1.82) is 0 Å². The molecular formula is C18H26ClN3O3. The van der Waals surface area contributed by atoms with Gasteiger partial charge < -0.3 is 10.4 Å². The molecule has 0 aliphatic carbocycles. The summed E-state index contributed by atoms with van der Waals surface area (Å²) in [5.41, 5.74) is 0.979. The molecule has 0 saturated carbocycles. The van der Waals surface area contributed by atoms with Crippen molar-refractivity contribution in [1.82, 2.24) is 15.1 Å². The zero-order chi connectivity index (χ0) is 18.2. The van der Waals surface area contributed by atoms with Gasteiger partial charge in [0.25, 0.3) is 0 Å². The summed E-state index contributed by atoms with van der Waals surface area (Å²) in [5, 5.41) is 12.5. The lowest BCUT2D eigenvalue weighted by molar-refractivity contribution is -0.138. The Labute approximate surface area is 153 Å². The van der Waals surface area contributed by atoms with Crippen LogP contribution in [-0.2, 0) is 16.1 Å². The molecule has 0 spiro atoms. The number of likely N-dealkylation sites (N-methyl/N-ethyl adjacent to an activating group) is 1. The van der Waals surface area contributed by atoms with Gasteiger partial charge in [0.15, 0.2) is 0 Å². The lowest BCUT2D eigenvalue weighted by atomic mass is 10.1. The van der Waals surface area contributed by atoms with E-state index in [2.05, 4.69) is 10.2 Å². The molecule has 1 aliphatic heterocycles. The SMILES string of the molecule is CN(CC(=O)O)C1CCCN(CC(=O)NCc2cccc(Cl)c2)CC1. The molecule has 0 aromatic heterocycles. The molecule has 1 heterocycles. The Hall–Kier alpha value is -1.63. The van der Waals surface area contributed by atoms with Gasteiger partial charge in [-0.2, -0.15) is 0 Å². The van der Waals surface area contributed by atoms with E-state index in [9.17, 15) is 9.59 Å². The van der Waals surface area contributed by atoms with Crippen LogP contribution in [0.3, 0.4) is 0 Å². The first kappa shape index (κ1) is 19.7.